The number of para-hydroxylation sites is 1. The van der Waals surface area contributed by atoms with Crippen molar-refractivity contribution in [2.45, 2.75) is 25.1 Å². The number of halogens is 1. The van der Waals surface area contributed by atoms with E-state index in [1.54, 1.807) is 0 Å². The van der Waals surface area contributed by atoms with E-state index in [1.807, 2.05) is 30.4 Å². The van der Waals surface area contributed by atoms with Crippen molar-refractivity contribution in [1.29, 1.82) is 0 Å². The number of hydrogen-bond acceptors (Lipinski definition) is 5. The zero-order valence-electron chi connectivity index (χ0n) is 14.9. The third-order valence-electron chi connectivity index (χ3n) is 5.36. The van der Waals surface area contributed by atoms with Gasteiger partial charge in [0.15, 0.2) is 11.5 Å². The fourth-order valence-corrected chi connectivity index (χ4v) is 4.07. The van der Waals surface area contributed by atoms with Gasteiger partial charge in [-0.05, 0) is 56.1 Å². The second kappa shape index (κ2) is 7.91. The van der Waals surface area contributed by atoms with Crippen molar-refractivity contribution in [3.05, 3.63) is 47.6 Å². The van der Waals surface area contributed by atoms with E-state index in [0.717, 1.165) is 31.9 Å². The van der Waals surface area contributed by atoms with E-state index in [9.17, 15) is 0 Å². The minimum absolute atomic E-state index is 0.00985. The Hall–Kier alpha value is -1.69. The van der Waals surface area contributed by atoms with Crippen LogP contribution >= 0.6 is 11.6 Å². The van der Waals surface area contributed by atoms with E-state index in [1.165, 1.54) is 12.8 Å². The van der Waals surface area contributed by atoms with Gasteiger partial charge in [-0.1, -0.05) is 23.7 Å². The van der Waals surface area contributed by atoms with E-state index in [0.29, 0.717) is 23.3 Å². The molecule has 0 bridgehead atoms. The molecule has 5 nitrogen and oxygen atoms in total. The molecule has 2 N–H and O–H groups in total. The molecule has 0 amide bonds. The highest BCUT2D eigenvalue weighted by Crippen LogP contribution is 2.38. The van der Waals surface area contributed by atoms with Crippen LogP contribution in [0, 0.1) is 5.92 Å². The largest absolute Gasteiger partial charge is 0.486 e. The molecular weight excluding hydrogens is 350 g/mol. The van der Waals surface area contributed by atoms with Crippen LogP contribution in [0.25, 0.3) is 0 Å². The number of allylic oxidation sites excluding steroid dienone is 2. The molecule has 1 unspecified atom stereocenters. The fourth-order valence-electron chi connectivity index (χ4n) is 3.86. The minimum atomic E-state index is 0.00985. The average Bonchev–Trinajstić information content (AvgIpc) is 2.66. The molecule has 140 valence electrons. The SMILES string of the molecule is N[C@@H]1C=CC=CN1CC1CCN(CC2COc3cccc(Cl)c3O2)CC1. The summed E-state index contributed by atoms with van der Waals surface area (Å²) >= 11 is 6.23. The van der Waals surface area contributed by atoms with Gasteiger partial charge in [-0.25, -0.2) is 0 Å². The highest BCUT2D eigenvalue weighted by Gasteiger charge is 2.28. The molecular formula is C20H26ClN3O2. The highest BCUT2D eigenvalue weighted by molar-refractivity contribution is 6.32. The summed E-state index contributed by atoms with van der Waals surface area (Å²) in [5.74, 6) is 2.11. The Morgan fingerprint density at radius 2 is 2.00 bits per heavy atom. The fraction of sp³-hybridized carbons (Fsp3) is 0.500. The number of ether oxygens (including phenoxy) is 2. The highest BCUT2D eigenvalue weighted by atomic mass is 35.5. The summed E-state index contributed by atoms with van der Waals surface area (Å²) in [6, 6.07) is 5.62. The van der Waals surface area contributed by atoms with Gasteiger partial charge < -0.3 is 20.1 Å². The first kappa shape index (κ1) is 17.7. The molecule has 0 spiro atoms. The predicted octanol–water partition coefficient (Wildman–Crippen LogP) is 2.86. The first-order chi connectivity index (χ1) is 12.7. The van der Waals surface area contributed by atoms with Crippen LogP contribution < -0.4 is 15.2 Å². The van der Waals surface area contributed by atoms with E-state index >= 15 is 0 Å². The number of piperidine rings is 1. The van der Waals surface area contributed by atoms with Gasteiger partial charge in [0.2, 0.25) is 0 Å². The van der Waals surface area contributed by atoms with Crippen molar-refractivity contribution < 1.29 is 9.47 Å². The molecule has 3 heterocycles. The summed E-state index contributed by atoms with van der Waals surface area (Å²) in [5, 5.41) is 0.617. The molecule has 3 aliphatic heterocycles. The second-order valence-electron chi connectivity index (χ2n) is 7.28. The Kier molecular flexibility index (Phi) is 5.38. The molecule has 1 aromatic rings. The monoisotopic (exact) mass is 375 g/mol. The Labute approximate surface area is 160 Å². The number of rotatable bonds is 4. The molecule has 2 atom stereocenters. The molecule has 0 saturated carbocycles. The van der Waals surface area contributed by atoms with Gasteiger partial charge in [0.1, 0.15) is 12.7 Å². The van der Waals surface area contributed by atoms with Crippen LogP contribution in [0.3, 0.4) is 0 Å². The topological polar surface area (TPSA) is 51.0 Å². The molecule has 26 heavy (non-hydrogen) atoms. The lowest BCUT2D eigenvalue weighted by atomic mass is 9.95. The lowest BCUT2D eigenvalue weighted by Crippen LogP contribution is -2.46. The maximum atomic E-state index is 6.23. The molecule has 0 aliphatic carbocycles. The number of benzene rings is 1. The Morgan fingerprint density at radius 1 is 1.15 bits per heavy atom. The predicted molar refractivity (Wildman–Crippen MR) is 103 cm³/mol. The first-order valence-corrected chi connectivity index (χ1v) is 9.73. The quantitative estimate of drug-likeness (QED) is 0.877. The summed E-state index contributed by atoms with van der Waals surface area (Å²) in [7, 11) is 0. The number of fused-ring (bicyclic) bond motifs is 1. The molecule has 4 rings (SSSR count). The second-order valence-corrected chi connectivity index (χ2v) is 7.68. The van der Waals surface area contributed by atoms with Crippen LogP contribution in [0.15, 0.2) is 42.6 Å². The van der Waals surface area contributed by atoms with Crippen LogP contribution in [0.5, 0.6) is 11.5 Å². The maximum Gasteiger partial charge on any atom is 0.180 e. The van der Waals surface area contributed by atoms with Crippen molar-refractivity contribution in [2.75, 3.05) is 32.8 Å². The molecule has 3 aliphatic rings. The number of hydrogen-bond donors (Lipinski definition) is 1. The van der Waals surface area contributed by atoms with E-state index < -0.39 is 0 Å². The third-order valence-corrected chi connectivity index (χ3v) is 5.66. The zero-order chi connectivity index (χ0) is 17.9. The van der Waals surface area contributed by atoms with Crippen LogP contribution in [0.4, 0.5) is 0 Å². The van der Waals surface area contributed by atoms with Gasteiger partial charge >= 0.3 is 0 Å². The van der Waals surface area contributed by atoms with Crippen LogP contribution in [0.1, 0.15) is 12.8 Å². The van der Waals surface area contributed by atoms with Crippen LogP contribution in [-0.2, 0) is 0 Å². The maximum absolute atomic E-state index is 6.23. The average molecular weight is 376 g/mol. The third kappa shape index (κ3) is 4.00. The van der Waals surface area contributed by atoms with E-state index in [2.05, 4.69) is 22.1 Å². The van der Waals surface area contributed by atoms with Gasteiger partial charge in [0, 0.05) is 19.3 Å². The van der Waals surface area contributed by atoms with Crippen molar-refractivity contribution in [3.8, 4) is 11.5 Å². The minimum Gasteiger partial charge on any atom is -0.486 e. The smallest absolute Gasteiger partial charge is 0.180 e. The Bertz CT molecular complexity index is 686. The number of nitrogens with zero attached hydrogens (tertiary/aromatic N) is 2. The van der Waals surface area contributed by atoms with Crippen molar-refractivity contribution in [2.24, 2.45) is 11.7 Å². The lowest BCUT2D eigenvalue weighted by Gasteiger charge is -2.38. The molecule has 0 radical (unpaired) electrons. The first-order valence-electron chi connectivity index (χ1n) is 9.35. The van der Waals surface area contributed by atoms with Crippen LogP contribution in [0.2, 0.25) is 5.02 Å². The van der Waals surface area contributed by atoms with Gasteiger partial charge in [0.05, 0.1) is 11.2 Å². The summed E-state index contributed by atoms with van der Waals surface area (Å²) in [6.45, 7) is 4.66. The summed E-state index contributed by atoms with van der Waals surface area (Å²) in [5.41, 5.74) is 6.13. The van der Waals surface area contributed by atoms with Crippen LogP contribution in [-0.4, -0.2) is 54.9 Å². The molecule has 1 saturated heterocycles. The number of nitrogens with two attached hydrogens (primary N) is 1. The zero-order valence-corrected chi connectivity index (χ0v) is 15.6. The molecule has 1 fully saturated rings. The van der Waals surface area contributed by atoms with Gasteiger partial charge in [-0.2, -0.15) is 0 Å². The molecule has 1 aromatic carbocycles. The lowest BCUT2D eigenvalue weighted by molar-refractivity contribution is 0.0455. The van der Waals surface area contributed by atoms with Crippen molar-refractivity contribution in [3.63, 3.8) is 0 Å². The standard InChI is InChI=1S/C20H26ClN3O2/c21-17-4-3-5-18-20(17)26-16(14-25-18)13-23-10-7-15(8-11-23)12-24-9-2-1-6-19(24)22/h1-6,9,15-16,19H,7-8,10-14,22H2/t16?,19-/m0/s1. The molecule has 6 heteroatoms. The molecule has 0 aromatic heterocycles. The van der Waals surface area contributed by atoms with Gasteiger partial charge in [0.25, 0.3) is 0 Å². The summed E-state index contributed by atoms with van der Waals surface area (Å²) in [4.78, 5) is 4.70. The Balaban J connectivity index is 1.25. The van der Waals surface area contributed by atoms with Crippen molar-refractivity contribution >= 4 is 11.6 Å². The van der Waals surface area contributed by atoms with Gasteiger partial charge in [-0.3, -0.25) is 4.90 Å². The summed E-state index contributed by atoms with van der Waals surface area (Å²) in [6.07, 6.45) is 10.6. The Morgan fingerprint density at radius 3 is 2.81 bits per heavy atom. The van der Waals surface area contributed by atoms with Gasteiger partial charge in [-0.15, -0.1) is 0 Å². The summed E-state index contributed by atoms with van der Waals surface area (Å²) < 4.78 is 11.9. The normalized spacial score (nSPS) is 26.3. The van der Waals surface area contributed by atoms with E-state index in [4.69, 9.17) is 26.8 Å². The number of likely N-dealkylation sites (tertiary alicyclic amines) is 1. The van der Waals surface area contributed by atoms with Crippen molar-refractivity contribution in [1.82, 2.24) is 9.80 Å². The van der Waals surface area contributed by atoms with E-state index in [-0.39, 0.29) is 12.3 Å².